The van der Waals surface area contributed by atoms with E-state index in [2.05, 4.69) is 9.47 Å². The zero-order valence-corrected chi connectivity index (χ0v) is 10.2. The lowest BCUT2D eigenvalue weighted by Crippen LogP contribution is -1.88. The Morgan fingerprint density at radius 2 is 1.31 bits per heavy atom. The molecular formula is C13H13O2P. The highest BCUT2D eigenvalue weighted by atomic mass is 31.0. The molecule has 2 rings (SSSR count). The fourth-order valence-corrected chi connectivity index (χ4v) is 1.86. The van der Waals surface area contributed by atoms with E-state index in [-0.39, 0.29) is 0 Å². The van der Waals surface area contributed by atoms with Crippen LogP contribution in [-0.4, -0.2) is 7.11 Å². The molecule has 0 fully saturated rings. The molecular weight excluding hydrogens is 219 g/mol. The Balaban J connectivity index is 2.58. The number of benzene rings is 2. The fraction of sp³-hybridized carbons (Fsp3) is 0.0769. The molecule has 2 aromatic carbocycles. The molecule has 1 unspecified atom stereocenters. The van der Waals surface area contributed by atoms with Gasteiger partial charge in [0.05, 0.1) is 16.6 Å². The van der Waals surface area contributed by atoms with Crippen molar-refractivity contribution < 1.29 is 9.26 Å². The van der Waals surface area contributed by atoms with Gasteiger partial charge in [-0.1, -0.05) is 36.4 Å². The molecule has 0 aliphatic heterocycles. The molecule has 0 aromatic heterocycles. The summed E-state index contributed by atoms with van der Waals surface area (Å²) in [5, 5.41) is 0. The summed E-state index contributed by atoms with van der Waals surface area (Å²) in [5.74, 6) is 1.66. The van der Waals surface area contributed by atoms with Crippen molar-refractivity contribution in [2.45, 2.75) is 0 Å². The quantitative estimate of drug-likeness (QED) is 0.753. The van der Waals surface area contributed by atoms with Crippen LogP contribution >= 0.6 is 9.47 Å². The molecule has 3 heteroatoms. The summed E-state index contributed by atoms with van der Waals surface area (Å²) < 4.78 is 10.6. The molecule has 2 aromatic rings. The smallest absolute Gasteiger partial charge is 0.130 e. The van der Waals surface area contributed by atoms with Crippen molar-refractivity contribution in [3.05, 3.63) is 48.5 Å². The van der Waals surface area contributed by atoms with Gasteiger partial charge < -0.3 is 9.26 Å². The molecule has 0 aliphatic carbocycles. The number of hydrogen-bond donors (Lipinski definition) is 0. The van der Waals surface area contributed by atoms with Crippen LogP contribution in [-0.2, 0) is 0 Å². The number of methoxy groups -OCH3 is 1. The minimum atomic E-state index is 0.817. The van der Waals surface area contributed by atoms with Gasteiger partial charge in [-0.3, -0.25) is 0 Å². The van der Waals surface area contributed by atoms with Crippen LogP contribution in [0, 0.1) is 0 Å². The average molecular weight is 232 g/mol. The van der Waals surface area contributed by atoms with E-state index in [1.165, 1.54) is 0 Å². The molecule has 0 saturated heterocycles. The predicted molar refractivity (Wildman–Crippen MR) is 68.8 cm³/mol. The Hall–Kier alpha value is -1.53. The van der Waals surface area contributed by atoms with E-state index in [1.807, 2.05) is 48.5 Å². The Kier molecular flexibility index (Phi) is 3.43. The topological polar surface area (TPSA) is 18.5 Å². The van der Waals surface area contributed by atoms with Gasteiger partial charge in [0.15, 0.2) is 0 Å². The minimum absolute atomic E-state index is 0.817. The lowest BCUT2D eigenvalue weighted by molar-refractivity contribution is 0.416. The van der Waals surface area contributed by atoms with Gasteiger partial charge in [0, 0.05) is 11.1 Å². The summed E-state index contributed by atoms with van der Waals surface area (Å²) in [4.78, 5) is 0. The van der Waals surface area contributed by atoms with Gasteiger partial charge in [-0.2, -0.15) is 0 Å². The van der Waals surface area contributed by atoms with Crippen LogP contribution in [0.25, 0.3) is 11.1 Å². The first kappa shape index (κ1) is 11.0. The molecule has 82 valence electrons. The number of para-hydroxylation sites is 2. The van der Waals surface area contributed by atoms with Crippen molar-refractivity contribution in [3.63, 3.8) is 0 Å². The molecule has 0 bridgehead atoms. The molecule has 0 amide bonds. The van der Waals surface area contributed by atoms with Crippen LogP contribution in [0.15, 0.2) is 48.5 Å². The minimum Gasteiger partial charge on any atom is -0.496 e. The second kappa shape index (κ2) is 5.00. The molecule has 0 radical (unpaired) electrons. The second-order valence-electron chi connectivity index (χ2n) is 3.31. The summed E-state index contributed by atoms with van der Waals surface area (Å²) in [5.41, 5.74) is 2.05. The van der Waals surface area contributed by atoms with E-state index >= 15 is 0 Å². The monoisotopic (exact) mass is 232 g/mol. The van der Waals surface area contributed by atoms with Gasteiger partial charge in [0.25, 0.3) is 0 Å². The number of rotatable bonds is 3. The molecule has 0 N–H and O–H groups in total. The SMILES string of the molecule is COc1ccccc1-c1ccccc1OP. The zero-order chi connectivity index (χ0) is 11.4. The first-order valence-electron chi connectivity index (χ1n) is 4.96. The maximum absolute atomic E-state index is 5.34. The lowest BCUT2D eigenvalue weighted by Gasteiger charge is -2.11. The van der Waals surface area contributed by atoms with Crippen LogP contribution in [0.4, 0.5) is 0 Å². The van der Waals surface area contributed by atoms with E-state index in [4.69, 9.17) is 9.26 Å². The summed E-state index contributed by atoms with van der Waals surface area (Å²) in [6, 6.07) is 15.7. The molecule has 0 aliphatic rings. The third kappa shape index (κ3) is 2.02. The van der Waals surface area contributed by atoms with Crippen LogP contribution in [0.3, 0.4) is 0 Å². The highest BCUT2D eigenvalue weighted by Gasteiger charge is 2.08. The van der Waals surface area contributed by atoms with E-state index in [1.54, 1.807) is 7.11 Å². The Morgan fingerprint density at radius 3 is 1.88 bits per heavy atom. The van der Waals surface area contributed by atoms with Gasteiger partial charge in [-0.25, -0.2) is 0 Å². The predicted octanol–water partition coefficient (Wildman–Crippen LogP) is 3.53. The molecule has 0 spiro atoms. The first-order chi connectivity index (χ1) is 7.86. The van der Waals surface area contributed by atoms with Crippen LogP contribution in [0.5, 0.6) is 11.5 Å². The van der Waals surface area contributed by atoms with Gasteiger partial charge >= 0.3 is 0 Å². The van der Waals surface area contributed by atoms with Crippen molar-refractivity contribution in [3.8, 4) is 22.6 Å². The molecule has 2 nitrogen and oxygen atoms in total. The van der Waals surface area contributed by atoms with E-state index in [0.717, 1.165) is 22.6 Å². The maximum atomic E-state index is 5.34. The van der Waals surface area contributed by atoms with Crippen LogP contribution in [0.2, 0.25) is 0 Å². The Bertz CT molecular complexity index is 437. The highest BCUT2D eigenvalue weighted by Crippen LogP contribution is 2.36. The van der Waals surface area contributed by atoms with Gasteiger partial charge in [0.2, 0.25) is 0 Å². The molecule has 1 atom stereocenters. The number of hydrogen-bond acceptors (Lipinski definition) is 2. The third-order valence-corrected chi connectivity index (χ3v) is 2.67. The van der Waals surface area contributed by atoms with Crippen molar-refractivity contribution in [1.82, 2.24) is 0 Å². The van der Waals surface area contributed by atoms with Crippen LogP contribution < -0.4 is 9.26 Å². The second-order valence-corrected chi connectivity index (χ2v) is 3.55. The van der Waals surface area contributed by atoms with Crippen molar-refractivity contribution >= 4 is 9.47 Å². The Morgan fingerprint density at radius 1 is 0.812 bits per heavy atom. The van der Waals surface area contributed by atoms with E-state index in [0.29, 0.717) is 0 Å². The van der Waals surface area contributed by atoms with Gasteiger partial charge in [0.1, 0.15) is 11.5 Å². The van der Waals surface area contributed by atoms with E-state index < -0.39 is 0 Å². The normalized spacial score (nSPS) is 9.88. The summed E-state index contributed by atoms with van der Waals surface area (Å²) in [6.07, 6.45) is 0. The lowest BCUT2D eigenvalue weighted by atomic mass is 10.0. The fourth-order valence-electron chi connectivity index (χ4n) is 1.66. The van der Waals surface area contributed by atoms with Crippen molar-refractivity contribution in [1.29, 1.82) is 0 Å². The maximum Gasteiger partial charge on any atom is 0.130 e. The van der Waals surface area contributed by atoms with Crippen molar-refractivity contribution in [2.75, 3.05) is 7.11 Å². The van der Waals surface area contributed by atoms with Gasteiger partial charge in [-0.05, 0) is 12.1 Å². The largest absolute Gasteiger partial charge is 0.496 e. The summed E-state index contributed by atoms with van der Waals surface area (Å²) in [7, 11) is 3.94. The standard InChI is InChI=1S/C13H13O2P/c1-14-12-8-4-2-6-10(12)11-7-3-5-9-13(11)15-16/h2-9H,16H2,1H3. The third-order valence-electron chi connectivity index (χ3n) is 2.41. The zero-order valence-electron chi connectivity index (χ0n) is 9.01. The Labute approximate surface area is 97.5 Å². The summed E-state index contributed by atoms with van der Waals surface area (Å²) in [6.45, 7) is 0. The highest BCUT2D eigenvalue weighted by molar-refractivity contribution is 7.10. The summed E-state index contributed by atoms with van der Waals surface area (Å²) >= 11 is 0. The molecule has 0 saturated carbocycles. The number of ether oxygens (including phenoxy) is 1. The molecule has 0 heterocycles. The first-order valence-corrected chi connectivity index (χ1v) is 5.43. The van der Waals surface area contributed by atoms with E-state index in [9.17, 15) is 0 Å². The van der Waals surface area contributed by atoms with Gasteiger partial charge in [-0.15, -0.1) is 0 Å². The van der Waals surface area contributed by atoms with Crippen molar-refractivity contribution in [2.24, 2.45) is 0 Å². The van der Waals surface area contributed by atoms with Crippen LogP contribution in [0.1, 0.15) is 0 Å². The molecule has 16 heavy (non-hydrogen) atoms. The average Bonchev–Trinajstić information content (AvgIpc) is 2.38.